The van der Waals surface area contributed by atoms with Crippen molar-refractivity contribution in [1.82, 2.24) is 4.98 Å². The molecule has 2 aromatic rings. The maximum absolute atomic E-state index is 12.2. The van der Waals surface area contributed by atoms with Crippen LogP contribution in [-0.4, -0.2) is 23.7 Å². The molecular formula is C28H41NO3. The van der Waals surface area contributed by atoms with Gasteiger partial charge in [0, 0.05) is 12.4 Å². The van der Waals surface area contributed by atoms with Crippen molar-refractivity contribution in [3.8, 4) is 5.75 Å². The van der Waals surface area contributed by atoms with Gasteiger partial charge >= 0.3 is 5.97 Å². The number of benzene rings is 1. The maximum atomic E-state index is 12.2. The summed E-state index contributed by atoms with van der Waals surface area (Å²) in [5, 5.41) is 0. The molecule has 0 bridgehead atoms. The highest BCUT2D eigenvalue weighted by molar-refractivity contribution is 5.89. The van der Waals surface area contributed by atoms with Gasteiger partial charge in [-0.3, -0.25) is 4.98 Å². The second-order valence-electron chi connectivity index (χ2n) is 8.56. The van der Waals surface area contributed by atoms with Crippen LogP contribution in [0.25, 0.3) is 0 Å². The lowest BCUT2D eigenvalue weighted by atomic mass is 10.0. The minimum Gasteiger partial charge on any atom is -0.490 e. The molecule has 4 nitrogen and oxygen atoms in total. The molecule has 0 radical (unpaired) electrons. The number of rotatable bonds is 17. The highest BCUT2D eigenvalue weighted by Crippen LogP contribution is 2.17. The van der Waals surface area contributed by atoms with E-state index >= 15 is 0 Å². The van der Waals surface area contributed by atoms with Crippen molar-refractivity contribution in [3.05, 3.63) is 59.9 Å². The van der Waals surface area contributed by atoms with Gasteiger partial charge in [-0.05, 0) is 49.1 Å². The summed E-state index contributed by atoms with van der Waals surface area (Å²) in [6.45, 7) is 4.61. The average molecular weight is 440 g/mol. The fraction of sp³-hybridized carbons (Fsp3) is 0.571. The molecule has 2 rings (SSSR count). The van der Waals surface area contributed by atoms with Gasteiger partial charge in [-0.2, -0.15) is 0 Å². The monoisotopic (exact) mass is 439 g/mol. The van der Waals surface area contributed by atoms with Gasteiger partial charge in [0.1, 0.15) is 18.5 Å². The molecule has 0 N–H and O–H groups in total. The number of hydrogen-bond acceptors (Lipinski definition) is 4. The minimum absolute atomic E-state index is 0.276. The van der Waals surface area contributed by atoms with Crippen LogP contribution >= 0.6 is 0 Å². The zero-order chi connectivity index (χ0) is 22.9. The normalized spacial score (nSPS) is 11.8. The summed E-state index contributed by atoms with van der Waals surface area (Å²) in [6, 6.07) is 11.6. The lowest BCUT2D eigenvalue weighted by molar-refractivity contribution is 0.0165. The summed E-state index contributed by atoms with van der Waals surface area (Å²) >= 11 is 0. The molecule has 1 aromatic heterocycles. The molecule has 0 saturated carbocycles. The number of nitrogens with zero attached hydrogens (tertiary/aromatic N) is 1. The van der Waals surface area contributed by atoms with Gasteiger partial charge in [0.25, 0.3) is 0 Å². The Morgan fingerprint density at radius 2 is 1.41 bits per heavy atom. The molecular weight excluding hydrogens is 398 g/mol. The standard InChI is InChI=1S/C28H41NO3/c1-3-5-6-7-8-9-10-11-12-13-14-24-15-17-27(18-16-24)31-23-26(4-2)32-28(30)25-19-21-29-22-20-25/h15-22,26H,3-14,23H2,1-2H3. The first kappa shape index (κ1) is 25.9. The van der Waals surface area contributed by atoms with Crippen LogP contribution in [0.5, 0.6) is 5.75 Å². The van der Waals surface area contributed by atoms with E-state index in [9.17, 15) is 4.79 Å². The molecule has 1 aromatic carbocycles. The van der Waals surface area contributed by atoms with Crippen LogP contribution in [0.1, 0.15) is 100 Å². The summed E-state index contributed by atoms with van der Waals surface area (Å²) in [5.41, 5.74) is 1.86. The Hall–Kier alpha value is -2.36. The third-order valence-electron chi connectivity index (χ3n) is 5.82. The van der Waals surface area contributed by atoms with E-state index in [-0.39, 0.29) is 12.1 Å². The van der Waals surface area contributed by atoms with Gasteiger partial charge in [-0.25, -0.2) is 4.79 Å². The average Bonchev–Trinajstić information content (AvgIpc) is 2.84. The summed E-state index contributed by atoms with van der Waals surface area (Å²) in [5.74, 6) is 0.477. The molecule has 4 heteroatoms. The van der Waals surface area contributed by atoms with Gasteiger partial charge in [-0.1, -0.05) is 83.8 Å². The van der Waals surface area contributed by atoms with E-state index in [0.717, 1.165) is 12.2 Å². The molecule has 1 unspecified atom stereocenters. The maximum Gasteiger partial charge on any atom is 0.338 e. The van der Waals surface area contributed by atoms with Crippen LogP contribution in [-0.2, 0) is 11.2 Å². The van der Waals surface area contributed by atoms with E-state index in [0.29, 0.717) is 18.6 Å². The Morgan fingerprint density at radius 1 is 0.812 bits per heavy atom. The highest BCUT2D eigenvalue weighted by Gasteiger charge is 2.15. The van der Waals surface area contributed by atoms with Crippen LogP contribution in [0.3, 0.4) is 0 Å². The molecule has 0 aliphatic heterocycles. The van der Waals surface area contributed by atoms with Crippen molar-refractivity contribution in [2.24, 2.45) is 0 Å². The largest absolute Gasteiger partial charge is 0.490 e. The van der Waals surface area contributed by atoms with Crippen LogP contribution in [0.4, 0.5) is 0 Å². The number of pyridine rings is 1. The number of hydrogen-bond donors (Lipinski definition) is 0. The van der Waals surface area contributed by atoms with Gasteiger partial charge in [0.05, 0.1) is 5.56 Å². The predicted octanol–water partition coefficient (Wildman–Crippen LogP) is 7.56. The van der Waals surface area contributed by atoms with Crippen molar-refractivity contribution in [3.63, 3.8) is 0 Å². The summed E-state index contributed by atoms with van der Waals surface area (Å²) in [6.07, 6.45) is 18.4. The number of aryl methyl sites for hydroxylation is 1. The molecule has 0 fully saturated rings. The van der Waals surface area contributed by atoms with Crippen LogP contribution in [0.2, 0.25) is 0 Å². The fourth-order valence-corrected chi connectivity index (χ4v) is 3.70. The van der Waals surface area contributed by atoms with Gasteiger partial charge in [0.2, 0.25) is 0 Å². The van der Waals surface area contributed by atoms with E-state index in [1.54, 1.807) is 24.5 Å². The van der Waals surface area contributed by atoms with Crippen molar-refractivity contribution < 1.29 is 14.3 Å². The number of ether oxygens (including phenoxy) is 2. The van der Waals surface area contributed by atoms with Gasteiger partial charge in [-0.15, -0.1) is 0 Å². The molecule has 1 atom stereocenters. The number of aromatic nitrogens is 1. The third kappa shape index (κ3) is 10.8. The second-order valence-corrected chi connectivity index (χ2v) is 8.56. The Kier molecular flexibility index (Phi) is 13.2. The Balaban J connectivity index is 1.59. The topological polar surface area (TPSA) is 48.4 Å². The summed E-state index contributed by atoms with van der Waals surface area (Å²) in [7, 11) is 0. The molecule has 1 heterocycles. The van der Waals surface area contributed by atoms with Crippen molar-refractivity contribution in [2.75, 3.05) is 6.61 Å². The quantitative estimate of drug-likeness (QED) is 0.188. The molecule has 0 spiro atoms. The first-order valence-corrected chi connectivity index (χ1v) is 12.6. The first-order chi connectivity index (χ1) is 15.7. The molecule has 0 aliphatic carbocycles. The Labute approximate surface area is 194 Å². The van der Waals surface area contributed by atoms with Crippen LogP contribution in [0.15, 0.2) is 48.8 Å². The predicted molar refractivity (Wildman–Crippen MR) is 131 cm³/mol. The smallest absolute Gasteiger partial charge is 0.338 e. The third-order valence-corrected chi connectivity index (χ3v) is 5.82. The van der Waals surface area contributed by atoms with Gasteiger partial charge in [0.15, 0.2) is 0 Å². The number of esters is 1. The zero-order valence-corrected chi connectivity index (χ0v) is 20.1. The molecule has 0 saturated heterocycles. The lowest BCUT2D eigenvalue weighted by Gasteiger charge is -2.17. The van der Waals surface area contributed by atoms with E-state index in [1.807, 2.05) is 19.1 Å². The Morgan fingerprint density at radius 3 is 2.00 bits per heavy atom. The molecule has 0 aliphatic rings. The second kappa shape index (κ2) is 16.3. The van der Waals surface area contributed by atoms with E-state index in [4.69, 9.17) is 9.47 Å². The highest BCUT2D eigenvalue weighted by atomic mass is 16.6. The van der Waals surface area contributed by atoms with Crippen molar-refractivity contribution >= 4 is 5.97 Å². The van der Waals surface area contributed by atoms with E-state index in [2.05, 4.69) is 24.0 Å². The van der Waals surface area contributed by atoms with Crippen LogP contribution in [0, 0.1) is 0 Å². The van der Waals surface area contributed by atoms with Gasteiger partial charge < -0.3 is 9.47 Å². The van der Waals surface area contributed by atoms with Crippen molar-refractivity contribution in [2.45, 2.75) is 97.0 Å². The SMILES string of the molecule is CCCCCCCCCCCCc1ccc(OCC(CC)OC(=O)c2ccncc2)cc1. The Bertz CT molecular complexity index is 730. The summed E-state index contributed by atoms with van der Waals surface area (Å²) in [4.78, 5) is 16.1. The van der Waals surface area contributed by atoms with Crippen LogP contribution < -0.4 is 4.74 Å². The summed E-state index contributed by atoms with van der Waals surface area (Å²) < 4.78 is 11.4. The number of unbranched alkanes of at least 4 members (excludes halogenated alkanes) is 9. The fourth-order valence-electron chi connectivity index (χ4n) is 3.70. The minimum atomic E-state index is -0.338. The number of carbonyl (C=O) groups excluding carboxylic acids is 1. The molecule has 176 valence electrons. The first-order valence-electron chi connectivity index (χ1n) is 12.6. The molecule has 0 amide bonds. The zero-order valence-electron chi connectivity index (χ0n) is 20.1. The lowest BCUT2D eigenvalue weighted by Crippen LogP contribution is -2.24. The van der Waals surface area contributed by atoms with Crippen molar-refractivity contribution in [1.29, 1.82) is 0 Å². The number of carbonyl (C=O) groups is 1. The van der Waals surface area contributed by atoms with E-state index < -0.39 is 0 Å². The van der Waals surface area contributed by atoms with E-state index in [1.165, 1.54) is 69.8 Å². The molecule has 32 heavy (non-hydrogen) atoms.